The van der Waals surface area contributed by atoms with E-state index in [0.29, 0.717) is 5.88 Å². The van der Waals surface area contributed by atoms with E-state index in [-0.39, 0.29) is 11.1 Å². The van der Waals surface area contributed by atoms with Crippen LogP contribution in [-0.4, -0.2) is 35.1 Å². The molecule has 6 heteroatoms. The fourth-order valence-corrected chi connectivity index (χ4v) is 1.76. The Hall–Kier alpha value is -1.56. The van der Waals surface area contributed by atoms with Gasteiger partial charge in [-0.15, -0.1) is 0 Å². The molecule has 0 N–H and O–H groups in total. The smallest absolute Gasteiger partial charge is 0.319 e. The predicted molar refractivity (Wildman–Crippen MR) is 71.9 cm³/mol. The minimum atomic E-state index is 0.133. The number of rotatable bonds is 6. The van der Waals surface area contributed by atoms with Gasteiger partial charge in [0.15, 0.2) is 5.12 Å². The van der Waals surface area contributed by atoms with E-state index in [1.165, 1.54) is 18.9 Å². The number of carbonyl (C=O) groups excluding carboxylic acids is 1. The Morgan fingerprint density at radius 3 is 2.83 bits per heavy atom. The van der Waals surface area contributed by atoms with E-state index < -0.39 is 0 Å². The molecule has 0 aliphatic carbocycles. The number of ether oxygens (including phenoxy) is 2. The highest BCUT2D eigenvalue weighted by atomic mass is 32.2. The van der Waals surface area contributed by atoms with Crippen LogP contribution in [0.4, 0.5) is 0 Å². The van der Waals surface area contributed by atoms with Crippen LogP contribution < -0.4 is 9.47 Å². The van der Waals surface area contributed by atoms with Crippen LogP contribution in [0.25, 0.3) is 6.08 Å². The van der Waals surface area contributed by atoms with Crippen molar-refractivity contribution < 1.29 is 14.3 Å². The van der Waals surface area contributed by atoms with Crippen LogP contribution in [0.1, 0.15) is 18.9 Å². The van der Waals surface area contributed by atoms with Crippen molar-refractivity contribution in [3.05, 3.63) is 17.8 Å². The van der Waals surface area contributed by atoms with Crippen LogP contribution in [-0.2, 0) is 4.79 Å². The minimum Gasteiger partial charge on any atom is -0.480 e. The van der Waals surface area contributed by atoms with Crippen molar-refractivity contribution in [1.82, 2.24) is 9.97 Å². The first-order valence-corrected chi connectivity index (χ1v) is 6.41. The standard InChI is InChI=1S/C12H16N2O3S/c1-9(15)18-7-5-4-6-10-8-13-12(17-3)14-11(10)16-2/h4,6,8H,5,7H2,1-3H3. The molecule has 0 saturated carbocycles. The van der Waals surface area contributed by atoms with Crippen molar-refractivity contribution in [3.8, 4) is 11.9 Å². The molecule has 18 heavy (non-hydrogen) atoms. The number of hydrogen-bond acceptors (Lipinski definition) is 6. The van der Waals surface area contributed by atoms with Crippen molar-refractivity contribution in [2.45, 2.75) is 13.3 Å². The van der Waals surface area contributed by atoms with Gasteiger partial charge in [-0.05, 0) is 6.42 Å². The summed E-state index contributed by atoms with van der Waals surface area (Å²) in [6.45, 7) is 1.56. The van der Waals surface area contributed by atoms with Gasteiger partial charge in [-0.1, -0.05) is 23.9 Å². The van der Waals surface area contributed by atoms with Gasteiger partial charge in [0, 0.05) is 18.9 Å². The maximum atomic E-state index is 10.7. The van der Waals surface area contributed by atoms with Crippen LogP contribution in [0.3, 0.4) is 0 Å². The third-order valence-electron chi connectivity index (χ3n) is 2.02. The summed E-state index contributed by atoms with van der Waals surface area (Å²) in [5.74, 6) is 1.24. The van der Waals surface area contributed by atoms with E-state index in [4.69, 9.17) is 9.47 Å². The lowest BCUT2D eigenvalue weighted by atomic mass is 10.3. The van der Waals surface area contributed by atoms with E-state index >= 15 is 0 Å². The summed E-state index contributed by atoms with van der Waals surface area (Å²) in [6.07, 6.45) is 6.28. The van der Waals surface area contributed by atoms with Gasteiger partial charge in [0.25, 0.3) is 0 Å². The monoisotopic (exact) mass is 268 g/mol. The summed E-state index contributed by atoms with van der Waals surface area (Å²) in [4.78, 5) is 18.8. The van der Waals surface area contributed by atoms with Crippen molar-refractivity contribution in [1.29, 1.82) is 0 Å². The van der Waals surface area contributed by atoms with Gasteiger partial charge in [-0.3, -0.25) is 4.79 Å². The summed E-state index contributed by atoms with van der Waals surface area (Å²) in [5, 5.41) is 0.133. The molecule has 5 nitrogen and oxygen atoms in total. The van der Waals surface area contributed by atoms with Gasteiger partial charge < -0.3 is 9.47 Å². The molecule has 0 radical (unpaired) electrons. The number of allylic oxidation sites excluding steroid dienone is 1. The highest BCUT2D eigenvalue weighted by molar-refractivity contribution is 8.13. The largest absolute Gasteiger partial charge is 0.480 e. The summed E-state index contributed by atoms with van der Waals surface area (Å²) in [5.41, 5.74) is 0.783. The highest BCUT2D eigenvalue weighted by Gasteiger charge is 2.04. The molecule has 0 aliphatic heterocycles. The number of nitrogens with zero attached hydrogens (tertiary/aromatic N) is 2. The summed E-state index contributed by atoms with van der Waals surface area (Å²) in [6, 6.07) is 0.274. The first-order valence-electron chi connectivity index (χ1n) is 5.42. The Labute approximate surface area is 111 Å². The lowest BCUT2D eigenvalue weighted by Crippen LogP contribution is -1.97. The van der Waals surface area contributed by atoms with E-state index in [0.717, 1.165) is 17.7 Å². The maximum absolute atomic E-state index is 10.7. The molecular formula is C12H16N2O3S. The summed E-state index contributed by atoms with van der Waals surface area (Å²) < 4.78 is 10.1. The third kappa shape index (κ3) is 4.75. The Bertz CT molecular complexity index is 435. The Kier molecular flexibility index (Phi) is 6.21. The quantitative estimate of drug-likeness (QED) is 0.737. The van der Waals surface area contributed by atoms with Crippen molar-refractivity contribution >= 4 is 23.0 Å². The normalized spacial score (nSPS) is 10.6. The average molecular weight is 268 g/mol. The minimum absolute atomic E-state index is 0.133. The maximum Gasteiger partial charge on any atom is 0.319 e. The van der Waals surface area contributed by atoms with Crippen molar-refractivity contribution in [2.75, 3.05) is 20.0 Å². The zero-order chi connectivity index (χ0) is 13.4. The highest BCUT2D eigenvalue weighted by Crippen LogP contribution is 2.18. The molecule has 98 valence electrons. The van der Waals surface area contributed by atoms with Gasteiger partial charge in [0.2, 0.25) is 5.88 Å². The molecule has 0 spiro atoms. The van der Waals surface area contributed by atoms with Gasteiger partial charge in [-0.25, -0.2) is 4.98 Å². The summed E-state index contributed by atoms with van der Waals surface area (Å²) in [7, 11) is 3.05. The molecule has 1 heterocycles. The fraction of sp³-hybridized carbons (Fsp3) is 0.417. The lowest BCUT2D eigenvalue weighted by Gasteiger charge is -2.04. The van der Waals surface area contributed by atoms with Crippen molar-refractivity contribution in [2.24, 2.45) is 0 Å². The molecular weight excluding hydrogens is 252 g/mol. The molecule has 0 amide bonds. The molecule has 0 bridgehead atoms. The number of thioether (sulfide) groups is 1. The molecule has 1 rings (SSSR count). The van der Waals surface area contributed by atoms with Crippen LogP contribution in [0.15, 0.2) is 12.3 Å². The zero-order valence-electron chi connectivity index (χ0n) is 10.7. The van der Waals surface area contributed by atoms with Gasteiger partial charge >= 0.3 is 6.01 Å². The molecule has 1 aromatic rings. The van der Waals surface area contributed by atoms with Crippen LogP contribution in [0.2, 0.25) is 0 Å². The fourth-order valence-electron chi connectivity index (χ4n) is 1.22. The first-order chi connectivity index (χ1) is 8.67. The van der Waals surface area contributed by atoms with Gasteiger partial charge in [-0.2, -0.15) is 4.98 Å². The molecule has 0 saturated heterocycles. The number of carbonyl (C=O) groups is 1. The molecule has 0 unspecified atom stereocenters. The molecule has 1 aromatic heterocycles. The van der Waals surface area contributed by atoms with E-state index in [1.807, 2.05) is 12.2 Å². The topological polar surface area (TPSA) is 61.3 Å². The average Bonchev–Trinajstić information content (AvgIpc) is 2.38. The van der Waals surface area contributed by atoms with E-state index in [2.05, 4.69) is 9.97 Å². The third-order valence-corrected chi connectivity index (χ3v) is 2.87. The predicted octanol–water partition coefficient (Wildman–Crippen LogP) is 2.18. The molecule has 0 aliphatic rings. The second-order valence-electron chi connectivity index (χ2n) is 3.35. The molecule has 0 fully saturated rings. The zero-order valence-corrected chi connectivity index (χ0v) is 11.5. The van der Waals surface area contributed by atoms with E-state index in [1.54, 1.807) is 20.2 Å². The van der Waals surface area contributed by atoms with Gasteiger partial charge in [0.05, 0.1) is 19.8 Å². The Balaban J connectivity index is 2.60. The second-order valence-corrected chi connectivity index (χ2v) is 4.62. The second kappa shape index (κ2) is 7.71. The van der Waals surface area contributed by atoms with Crippen molar-refractivity contribution in [3.63, 3.8) is 0 Å². The van der Waals surface area contributed by atoms with Crippen LogP contribution in [0, 0.1) is 0 Å². The Morgan fingerprint density at radius 1 is 1.44 bits per heavy atom. The summed E-state index contributed by atoms with van der Waals surface area (Å²) >= 11 is 1.31. The lowest BCUT2D eigenvalue weighted by molar-refractivity contribution is -0.109. The number of hydrogen-bond donors (Lipinski definition) is 0. The van der Waals surface area contributed by atoms with Crippen LogP contribution >= 0.6 is 11.8 Å². The SMILES string of the molecule is COc1ncc(C=CCCSC(C)=O)c(OC)n1. The Morgan fingerprint density at radius 2 is 2.22 bits per heavy atom. The first kappa shape index (κ1) is 14.5. The molecule has 0 aromatic carbocycles. The van der Waals surface area contributed by atoms with Gasteiger partial charge in [0.1, 0.15) is 0 Å². The van der Waals surface area contributed by atoms with Crippen LogP contribution in [0.5, 0.6) is 11.9 Å². The number of methoxy groups -OCH3 is 2. The van der Waals surface area contributed by atoms with E-state index in [9.17, 15) is 4.79 Å². The number of aromatic nitrogens is 2. The molecule has 0 atom stereocenters.